The SMILES string of the molecule is C.CCCN1CCC(C#N)(NC(C)(C)C)C1=O. The van der Waals surface area contributed by atoms with Gasteiger partial charge in [0.1, 0.15) is 0 Å². The lowest BCUT2D eigenvalue weighted by molar-refractivity contribution is -0.132. The number of hydrogen-bond donors (Lipinski definition) is 1. The fourth-order valence-electron chi connectivity index (χ4n) is 2.15. The van der Waals surface area contributed by atoms with Crippen LogP contribution < -0.4 is 5.32 Å². The molecule has 4 nitrogen and oxygen atoms in total. The monoisotopic (exact) mass is 239 g/mol. The minimum Gasteiger partial charge on any atom is -0.340 e. The molecular weight excluding hydrogens is 214 g/mol. The number of amides is 1. The molecule has 1 saturated heterocycles. The van der Waals surface area contributed by atoms with Crippen LogP contribution in [0.15, 0.2) is 0 Å². The highest BCUT2D eigenvalue weighted by Gasteiger charge is 2.48. The predicted molar refractivity (Wildman–Crippen MR) is 69.5 cm³/mol. The van der Waals surface area contributed by atoms with E-state index in [1.165, 1.54) is 0 Å². The molecule has 98 valence electrons. The lowest BCUT2D eigenvalue weighted by atomic mass is 9.95. The van der Waals surface area contributed by atoms with E-state index < -0.39 is 5.54 Å². The summed E-state index contributed by atoms with van der Waals surface area (Å²) in [7, 11) is 0. The normalized spacial score (nSPS) is 24.4. The second-order valence-electron chi connectivity index (χ2n) is 5.43. The van der Waals surface area contributed by atoms with Gasteiger partial charge in [-0.3, -0.25) is 10.1 Å². The molecule has 17 heavy (non-hydrogen) atoms. The summed E-state index contributed by atoms with van der Waals surface area (Å²) in [6, 6.07) is 2.17. The largest absolute Gasteiger partial charge is 0.340 e. The number of nitrogens with one attached hydrogen (secondary N) is 1. The van der Waals surface area contributed by atoms with Crippen LogP contribution in [0.1, 0.15) is 48.0 Å². The molecule has 1 aliphatic rings. The summed E-state index contributed by atoms with van der Waals surface area (Å²) < 4.78 is 0. The third-order valence-electron chi connectivity index (χ3n) is 2.68. The number of hydrogen-bond acceptors (Lipinski definition) is 3. The lowest BCUT2D eigenvalue weighted by Gasteiger charge is -2.30. The second kappa shape index (κ2) is 5.50. The second-order valence-corrected chi connectivity index (χ2v) is 5.43. The molecule has 0 aromatic carbocycles. The van der Waals surface area contributed by atoms with Crippen LogP contribution >= 0.6 is 0 Å². The van der Waals surface area contributed by atoms with Crippen molar-refractivity contribution in [3.63, 3.8) is 0 Å². The van der Waals surface area contributed by atoms with E-state index in [-0.39, 0.29) is 18.9 Å². The molecule has 1 amide bonds. The van der Waals surface area contributed by atoms with Crippen LogP contribution in [0, 0.1) is 11.3 Å². The van der Waals surface area contributed by atoms with E-state index in [1.54, 1.807) is 4.90 Å². The standard InChI is InChI=1S/C12H21N3O.CH4/c1-5-7-15-8-6-12(9-13,10(15)16)14-11(2,3)4;/h14H,5-8H2,1-4H3;1H4. The van der Waals surface area contributed by atoms with E-state index in [1.807, 2.05) is 27.7 Å². The van der Waals surface area contributed by atoms with Gasteiger partial charge in [-0.1, -0.05) is 14.4 Å². The molecule has 0 aromatic rings. The molecule has 4 heteroatoms. The number of nitrogens with zero attached hydrogens (tertiary/aromatic N) is 2. The van der Waals surface area contributed by atoms with Gasteiger partial charge in [-0.15, -0.1) is 0 Å². The van der Waals surface area contributed by atoms with Gasteiger partial charge in [-0.2, -0.15) is 5.26 Å². The first-order chi connectivity index (χ1) is 7.34. The zero-order valence-electron chi connectivity index (χ0n) is 10.6. The van der Waals surface area contributed by atoms with Crippen LogP contribution in [0.4, 0.5) is 0 Å². The van der Waals surface area contributed by atoms with Crippen molar-refractivity contribution < 1.29 is 4.79 Å². The van der Waals surface area contributed by atoms with E-state index in [4.69, 9.17) is 0 Å². The first kappa shape index (κ1) is 15.9. The summed E-state index contributed by atoms with van der Waals surface area (Å²) in [5.41, 5.74) is -1.24. The smallest absolute Gasteiger partial charge is 0.257 e. The Balaban J connectivity index is 0.00000256. The lowest BCUT2D eigenvalue weighted by Crippen LogP contribution is -2.57. The van der Waals surface area contributed by atoms with Crippen molar-refractivity contribution in [2.75, 3.05) is 13.1 Å². The summed E-state index contributed by atoms with van der Waals surface area (Å²) in [5, 5.41) is 12.4. The summed E-state index contributed by atoms with van der Waals surface area (Å²) in [5.74, 6) is -0.0632. The Labute approximate surface area is 105 Å². The number of rotatable bonds is 3. The van der Waals surface area contributed by atoms with Crippen molar-refractivity contribution in [1.29, 1.82) is 5.26 Å². The molecule has 0 aromatic heterocycles. The maximum atomic E-state index is 12.2. The van der Waals surface area contributed by atoms with Gasteiger partial charge in [-0.05, 0) is 27.2 Å². The Hall–Kier alpha value is -1.08. The maximum Gasteiger partial charge on any atom is 0.257 e. The zero-order chi connectivity index (χ0) is 12.4. The Morgan fingerprint density at radius 1 is 1.53 bits per heavy atom. The maximum absolute atomic E-state index is 12.2. The Bertz CT molecular complexity index is 314. The molecular formula is C13H25N3O. The van der Waals surface area contributed by atoms with Crippen LogP contribution in [0.5, 0.6) is 0 Å². The molecule has 1 heterocycles. The molecule has 1 N–H and O–H groups in total. The van der Waals surface area contributed by atoms with Gasteiger partial charge < -0.3 is 4.90 Å². The van der Waals surface area contributed by atoms with Crippen LogP contribution in [-0.4, -0.2) is 35.0 Å². The predicted octanol–water partition coefficient (Wildman–Crippen LogP) is 1.92. The van der Waals surface area contributed by atoms with Crippen molar-refractivity contribution in [1.82, 2.24) is 10.2 Å². The summed E-state index contributed by atoms with van der Waals surface area (Å²) in [6.07, 6.45) is 1.52. The molecule has 0 saturated carbocycles. The third kappa shape index (κ3) is 3.44. The Morgan fingerprint density at radius 3 is 2.53 bits per heavy atom. The number of carbonyl (C=O) groups excluding carboxylic acids is 1. The van der Waals surface area contributed by atoms with Crippen LogP contribution in [0.3, 0.4) is 0 Å². The van der Waals surface area contributed by atoms with E-state index in [2.05, 4.69) is 11.4 Å². The fraction of sp³-hybridized carbons (Fsp3) is 0.846. The zero-order valence-corrected chi connectivity index (χ0v) is 10.6. The summed E-state index contributed by atoms with van der Waals surface area (Å²) in [6.45, 7) is 9.39. The van der Waals surface area contributed by atoms with Crippen molar-refractivity contribution in [2.45, 2.75) is 59.0 Å². The third-order valence-corrected chi connectivity index (χ3v) is 2.68. The van der Waals surface area contributed by atoms with Gasteiger partial charge in [0.25, 0.3) is 5.91 Å². The van der Waals surface area contributed by atoms with E-state index in [0.717, 1.165) is 13.0 Å². The molecule has 0 aliphatic carbocycles. The van der Waals surface area contributed by atoms with Gasteiger partial charge in [0.15, 0.2) is 5.54 Å². The quantitative estimate of drug-likeness (QED) is 0.818. The summed E-state index contributed by atoms with van der Waals surface area (Å²) in [4.78, 5) is 13.9. The average Bonchev–Trinajstić information content (AvgIpc) is 2.45. The summed E-state index contributed by atoms with van der Waals surface area (Å²) >= 11 is 0. The number of likely N-dealkylation sites (tertiary alicyclic amines) is 1. The molecule has 1 atom stereocenters. The number of nitriles is 1. The van der Waals surface area contributed by atoms with Crippen molar-refractivity contribution in [3.8, 4) is 6.07 Å². The molecule has 1 fully saturated rings. The minimum absolute atomic E-state index is 0. The molecule has 1 aliphatic heterocycles. The minimum atomic E-state index is -1.01. The van der Waals surface area contributed by atoms with Crippen LogP contribution in [-0.2, 0) is 4.79 Å². The van der Waals surface area contributed by atoms with Gasteiger partial charge in [0, 0.05) is 25.0 Å². The number of carbonyl (C=O) groups is 1. The highest BCUT2D eigenvalue weighted by molar-refractivity contribution is 5.91. The molecule has 1 rings (SSSR count). The van der Waals surface area contributed by atoms with E-state index in [9.17, 15) is 10.1 Å². The van der Waals surface area contributed by atoms with Gasteiger partial charge >= 0.3 is 0 Å². The molecule has 1 unspecified atom stereocenters. The van der Waals surface area contributed by atoms with Gasteiger partial charge in [-0.25, -0.2) is 0 Å². The average molecular weight is 239 g/mol. The Morgan fingerprint density at radius 2 is 2.12 bits per heavy atom. The highest BCUT2D eigenvalue weighted by atomic mass is 16.2. The van der Waals surface area contributed by atoms with Crippen molar-refractivity contribution >= 4 is 5.91 Å². The first-order valence-corrected chi connectivity index (χ1v) is 5.84. The molecule has 0 radical (unpaired) electrons. The van der Waals surface area contributed by atoms with Crippen LogP contribution in [0.25, 0.3) is 0 Å². The molecule has 0 spiro atoms. The Kier molecular flexibility index (Phi) is 5.15. The topological polar surface area (TPSA) is 56.1 Å². The van der Waals surface area contributed by atoms with Crippen molar-refractivity contribution in [2.24, 2.45) is 0 Å². The molecule has 0 bridgehead atoms. The van der Waals surface area contributed by atoms with Gasteiger partial charge in [0.2, 0.25) is 0 Å². The van der Waals surface area contributed by atoms with Crippen molar-refractivity contribution in [3.05, 3.63) is 0 Å². The van der Waals surface area contributed by atoms with E-state index >= 15 is 0 Å². The first-order valence-electron chi connectivity index (χ1n) is 5.84. The fourth-order valence-corrected chi connectivity index (χ4v) is 2.15. The highest BCUT2D eigenvalue weighted by Crippen LogP contribution is 2.25. The van der Waals surface area contributed by atoms with Gasteiger partial charge in [0.05, 0.1) is 6.07 Å². The van der Waals surface area contributed by atoms with Crippen LogP contribution in [0.2, 0.25) is 0 Å². The van der Waals surface area contributed by atoms with E-state index in [0.29, 0.717) is 13.0 Å².